The molecular formula is C15H22Cl3FN2. The zero-order valence-corrected chi connectivity index (χ0v) is 14.5. The van der Waals surface area contributed by atoms with Gasteiger partial charge in [-0.05, 0) is 37.3 Å². The number of rotatable bonds is 3. The molecule has 2 aliphatic rings. The van der Waals surface area contributed by atoms with Crippen molar-refractivity contribution in [3.8, 4) is 0 Å². The second-order valence-electron chi connectivity index (χ2n) is 5.66. The van der Waals surface area contributed by atoms with Crippen molar-refractivity contribution in [2.24, 2.45) is 5.92 Å². The van der Waals surface area contributed by atoms with Crippen LogP contribution in [-0.4, -0.2) is 31.1 Å². The van der Waals surface area contributed by atoms with Gasteiger partial charge in [0.25, 0.3) is 0 Å². The Hall–Kier alpha value is -0.0600. The maximum Gasteiger partial charge on any atom is 0.132 e. The van der Waals surface area contributed by atoms with E-state index in [4.69, 9.17) is 11.6 Å². The van der Waals surface area contributed by atoms with Gasteiger partial charge in [0.2, 0.25) is 0 Å². The lowest BCUT2D eigenvalue weighted by Gasteiger charge is -2.36. The number of nitrogens with one attached hydrogen (secondary N) is 1. The molecule has 21 heavy (non-hydrogen) atoms. The zero-order chi connectivity index (χ0) is 13.4. The summed E-state index contributed by atoms with van der Waals surface area (Å²) in [6.45, 7) is 5.73. The fourth-order valence-corrected chi connectivity index (χ4v) is 3.30. The van der Waals surface area contributed by atoms with E-state index in [1.165, 1.54) is 12.8 Å². The molecule has 0 bridgehead atoms. The Labute approximate surface area is 143 Å². The Balaban J connectivity index is 0.00000110. The first-order valence-corrected chi connectivity index (χ1v) is 7.45. The van der Waals surface area contributed by atoms with Gasteiger partial charge in [0.1, 0.15) is 5.82 Å². The molecule has 1 saturated carbocycles. The van der Waals surface area contributed by atoms with Gasteiger partial charge in [-0.25, -0.2) is 4.39 Å². The molecule has 1 N–H and O–H groups in total. The molecule has 0 aromatic heterocycles. The minimum atomic E-state index is -0.108. The van der Waals surface area contributed by atoms with Crippen LogP contribution in [-0.2, 0) is 0 Å². The van der Waals surface area contributed by atoms with Crippen LogP contribution in [0, 0.1) is 18.7 Å². The molecule has 2 fully saturated rings. The van der Waals surface area contributed by atoms with Gasteiger partial charge < -0.3 is 5.32 Å². The molecule has 1 heterocycles. The molecule has 0 amide bonds. The van der Waals surface area contributed by atoms with E-state index >= 15 is 0 Å². The smallest absolute Gasteiger partial charge is 0.132 e. The highest BCUT2D eigenvalue weighted by Gasteiger charge is 2.39. The molecule has 2 nitrogen and oxygen atoms in total. The third-order valence-electron chi connectivity index (χ3n) is 4.23. The Morgan fingerprint density at radius 1 is 1.24 bits per heavy atom. The highest BCUT2D eigenvalue weighted by molar-refractivity contribution is 6.31. The summed E-state index contributed by atoms with van der Waals surface area (Å²) in [6, 6.07) is 3.77. The number of piperazine rings is 1. The largest absolute Gasteiger partial charge is 0.314 e. The van der Waals surface area contributed by atoms with Crippen molar-refractivity contribution >= 4 is 36.4 Å². The zero-order valence-electron chi connectivity index (χ0n) is 12.1. The van der Waals surface area contributed by atoms with E-state index in [9.17, 15) is 4.39 Å². The van der Waals surface area contributed by atoms with Crippen molar-refractivity contribution in [2.75, 3.05) is 26.2 Å². The Morgan fingerprint density at radius 2 is 1.86 bits per heavy atom. The van der Waals surface area contributed by atoms with Crippen molar-refractivity contribution in [3.05, 3.63) is 34.1 Å². The summed E-state index contributed by atoms with van der Waals surface area (Å²) >= 11 is 6.31. The molecule has 1 aliphatic carbocycles. The van der Waals surface area contributed by atoms with Gasteiger partial charge in [0.15, 0.2) is 0 Å². The first kappa shape index (κ1) is 19.0. The Kier molecular flexibility index (Phi) is 7.21. The van der Waals surface area contributed by atoms with Crippen LogP contribution in [0.15, 0.2) is 12.1 Å². The Bertz CT molecular complexity index is 474. The average Bonchev–Trinajstić information content (AvgIpc) is 3.24. The molecule has 3 rings (SSSR count). The van der Waals surface area contributed by atoms with Gasteiger partial charge in [-0.1, -0.05) is 17.7 Å². The maximum atomic E-state index is 14.5. The third kappa shape index (κ3) is 4.02. The molecule has 0 radical (unpaired) electrons. The van der Waals surface area contributed by atoms with Crippen LogP contribution in [0.2, 0.25) is 5.02 Å². The summed E-state index contributed by atoms with van der Waals surface area (Å²) in [4.78, 5) is 2.40. The predicted molar refractivity (Wildman–Crippen MR) is 90.6 cm³/mol. The van der Waals surface area contributed by atoms with E-state index in [2.05, 4.69) is 10.2 Å². The molecule has 6 heteroatoms. The summed E-state index contributed by atoms with van der Waals surface area (Å²) < 4.78 is 14.5. The molecule has 1 aliphatic heterocycles. The van der Waals surface area contributed by atoms with Crippen LogP contribution in [0.3, 0.4) is 0 Å². The van der Waals surface area contributed by atoms with Crippen LogP contribution in [0.1, 0.15) is 30.0 Å². The lowest BCUT2D eigenvalue weighted by Crippen LogP contribution is -2.46. The maximum absolute atomic E-state index is 14.5. The van der Waals surface area contributed by atoms with Crippen LogP contribution < -0.4 is 5.32 Å². The fraction of sp³-hybridized carbons (Fsp3) is 0.600. The van der Waals surface area contributed by atoms with Crippen LogP contribution in [0.5, 0.6) is 0 Å². The average molecular weight is 356 g/mol. The first-order chi connectivity index (χ1) is 9.18. The Morgan fingerprint density at radius 3 is 2.43 bits per heavy atom. The van der Waals surface area contributed by atoms with E-state index in [1.54, 1.807) is 6.07 Å². The number of aryl methyl sites for hydroxylation is 1. The predicted octanol–water partition coefficient (Wildman–Crippen LogP) is 3.99. The SMILES string of the molecule is Cc1ccc(Cl)c([C@H](C2CC2)N2CCNCC2)c1F.Cl.Cl. The van der Waals surface area contributed by atoms with Crippen LogP contribution >= 0.6 is 36.4 Å². The first-order valence-electron chi connectivity index (χ1n) is 7.07. The van der Waals surface area contributed by atoms with Gasteiger partial charge >= 0.3 is 0 Å². The monoisotopic (exact) mass is 354 g/mol. The molecule has 120 valence electrons. The van der Waals surface area contributed by atoms with Crippen molar-refractivity contribution in [2.45, 2.75) is 25.8 Å². The second kappa shape index (κ2) is 7.98. The summed E-state index contributed by atoms with van der Waals surface area (Å²) in [5.74, 6) is 0.467. The van der Waals surface area contributed by atoms with Gasteiger partial charge in [-0.3, -0.25) is 4.90 Å². The summed E-state index contributed by atoms with van der Waals surface area (Å²) in [5, 5.41) is 3.93. The molecule has 0 spiro atoms. The summed E-state index contributed by atoms with van der Waals surface area (Å²) in [7, 11) is 0. The lowest BCUT2D eigenvalue weighted by molar-refractivity contribution is 0.153. The lowest BCUT2D eigenvalue weighted by atomic mass is 9.97. The molecule has 0 unspecified atom stereocenters. The van der Waals surface area contributed by atoms with Crippen molar-refractivity contribution in [1.82, 2.24) is 10.2 Å². The van der Waals surface area contributed by atoms with Crippen molar-refractivity contribution in [3.63, 3.8) is 0 Å². The minimum Gasteiger partial charge on any atom is -0.314 e. The van der Waals surface area contributed by atoms with E-state index in [1.807, 2.05) is 13.0 Å². The molecule has 1 atom stereocenters. The number of benzene rings is 1. The van der Waals surface area contributed by atoms with Gasteiger partial charge in [-0.15, -0.1) is 24.8 Å². The molecule has 1 saturated heterocycles. The topological polar surface area (TPSA) is 15.3 Å². The number of hydrogen-bond acceptors (Lipinski definition) is 2. The summed E-state index contributed by atoms with van der Waals surface area (Å²) in [6.07, 6.45) is 2.39. The second-order valence-corrected chi connectivity index (χ2v) is 6.07. The van der Waals surface area contributed by atoms with Gasteiger partial charge in [-0.2, -0.15) is 0 Å². The third-order valence-corrected chi connectivity index (χ3v) is 4.56. The highest BCUT2D eigenvalue weighted by Crippen LogP contribution is 2.47. The van der Waals surface area contributed by atoms with E-state index in [0.717, 1.165) is 31.7 Å². The molecular weight excluding hydrogens is 334 g/mol. The van der Waals surface area contributed by atoms with E-state index in [0.29, 0.717) is 16.5 Å². The molecule has 1 aromatic rings. The van der Waals surface area contributed by atoms with Gasteiger partial charge in [0, 0.05) is 42.8 Å². The minimum absolute atomic E-state index is 0. The van der Waals surface area contributed by atoms with Crippen LogP contribution in [0.25, 0.3) is 0 Å². The number of hydrogen-bond donors (Lipinski definition) is 1. The van der Waals surface area contributed by atoms with E-state index < -0.39 is 0 Å². The number of nitrogens with zero attached hydrogens (tertiary/aromatic N) is 1. The number of halogens is 4. The normalized spacial score (nSPS) is 20.3. The van der Waals surface area contributed by atoms with Crippen LogP contribution in [0.4, 0.5) is 4.39 Å². The highest BCUT2D eigenvalue weighted by atomic mass is 35.5. The summed E-state index contributed by atoms with van der Waals surface area (Å²) in [5.41, 5.74) is 1.42. The van der Waals surface area contributed by atoms with Crippen molar-refractivity contribution < 1.29 is 4.39 Å². The molecule has 1 aromatic carbocycles. The van der Waals surface area contributed by atoms with E-state index in [-0.39, 0.29) is 36.7 Å². The standard InChI is InChI=1S/C15H20ClFN2.2ClH/c1-10-2-5-12(16)13(14(10)17)15(11-3-4-11)19-8-6-18-7-9-19;;/h2,5,11,15,18H,3-4,6-9H2,1H3;2*1H/t15-;;/m0../s1. The fourth-order valence-electron chi connectivity index (χ4n) is 3.04. The quantitative estimate of drug-likeness (QED) is 0.882. The van der Waals surface area contributed by atoms with Crippen molar-refractivity contribution in [1.29, 1.82) is 0 Å². The van der Waals surface area contributed by atoms with Gasteiger partial charge in [0.05, 0.1) is 0 Å².